The van der Waals surface area contributed by atoms with Gasteiger partial charge in [-0.15, -0.1) is 0 Å². The Hall–Kier alpha value is -0.160. The van der Waals surface area contributed by atoms with Crippen LogP contribution in [0.4, 0.5) is 0 Å². The van der Waals surface area contributed by atoms with Crippen molar-refractivity contribution in [1.29, 1.82) is 0 Å². The van der Waals surface area contributed by atoms with Gasteiger partial charge in [0.05, 0.1) is 0 Å². The standard InChI is InChI=1S/C13H28N4/c1-15(2)5-6-17-9-11-7-14-8-12(10-17)13(11)16(3)4/h11-14H,5-10H2,1-4H3. The first-order valence-electron chi connectivity index (χ1n) is 6.82. The molecule has 100 valence electrons. The summed E-state index contributed by atoms with van der Waals surface area (Å²) in [7, 11) is 8.81. The molecule has 0 aromatic heterocycles. The molecular weight excluding hydrogens is 212 g/mol. The minimum Gasteiger partial charge on any atom is -0.316 e. The lowest BCUT2D eigenvalue weighted by Crippen LogP contribution is -2.63. The topological polar surface area (TPSA) is 21.8 Å². The second-order valence-corrected chi connectivity index (χ2v) is 6.20. The molecule has 2 unspecified atom stereocenters. The Morgan fingerprint density at radius 1 is 1.06 bits per heavy atom. The second kappa shape index (κ2) is 5.65. The van der Waals surface area contributed by atoms with E-state index in [1.54, 1.807) is 0 Å². The smallest absolute Gasteiger partial charge is 0.0194 e. The van der Waals surface area contributed by atoms with E-state index in [0.717, 1.165) is 17.9 Å². The van der Waals surface area contributed by atoms with Gasteiger partial charge in [-0.05, 0) is 40.0 Å². The van der Waals surface area contributed by atoms with Crippen LogP contribution in [0.3, 0.4) is 0 Å². The molecular formula is C13H28N4. The molecule has 4 nitrogen and oxygen atoms in total. The number of hydrogen-bond donors (Lipinski definition) is 1. The van der Waals surface area contributed by atoms with Crippen molar-refractivity contribution >= 4 is 0 Å². The summed E-state index contributed by atoms with van der Waals surface area (Å²) in [5, 5.41) is 3.59. The Labute approximate surface area is 106 Å². The van der Waals surface area contributed by atoms with Crippen LogP contribution in [0.1, 0.15) is 0 Å². The molecule has 0 aliphatic carbocycles. The van der Waals surface area contributed by atoms with Gasteiger partial charge in [0.1, 0.15) is 0 Å². The van der Waals surface area contributed by atoms with E-state index < -0.39 is 0 Å². The van der Waals surface area contributed by atoms with Crippen molar-refractivity contribution in [1.82, 2.24) is 20.0 Å². The predicted molar refractivity (Wildman–Crippen MR) is 72.3 cm³/mol. The van der Waals surface area contributed by atoms with Crippen LogP contribution in [0.15, 0.2) is 0 Å². The van der Waals surface area contributed by atoms with Crippen molar-refractivity contribution in [2.75, 3.05) is 67.5 Å². The molecule has 0 saturated carbocycles. The van der Waals surface area contributed by atoms with E-state index in [1.165, 1.54) is 39.3 Å². The highest BCUT2D eigenvalue weighted by Gasteiger charge is 2.40. The van der Waals surface area contributed by atoms with Crippen LogP contribution < -0.4 is 5.32 Å². The summed E-state index contributed by atoms with van der Waals surface area (Å²) >= 11 is 0. The summed E-state index contributed by atoms with van der Waals surface area (Å²) < 4.78 is 0. The van der Waals surface area contributed by atoms with Gasteiger partial charge in [0, 0.05) is 45.3 Å². The minimum atomic E-state index is 0.784. The van der Waals surface area contributed by atoms with E-state index in [4.69, 9.17) is 0 Å². The highest BCUT2D eigenvalue weighted by Crippen LogP contribution is 2.28. The van der Waals surface area contributed by atoms with Gasteiger partial charge in [-0.25, -0.2) is 0 Å². The van der Waals surface area contributed by atoms with E-state index in [9.17, 15) is 0 Å². The molecule has 2 bridgehead atoms. The summed E-state index contributed by atoms with van der Waals surface area (Å²) in [5.41, 5.74) is 0. The first-order valence-corrected chi connectivity index (χ1v) is 6.82. The molecule has 2 rings (SSSR count). The van der Waals surface area contributed by atoms with Crippen LogP contribution in [-0.4, -0.2) is 88.2 Å². The van der Waals surface area contributed by atoms with Gasteiger partial charge in [0.25, 0.3) is 0 Å². The van der Waals surface area contributed by atoms with Crippen molar-refractivity contribution in [2.24, 2.45) is 11.8 Å². The van der Waals surface area contributed by atoms with Crippen molar-refractivity contribution in [3.8, 4) is 0 Å². The summed E-state index contributed by atoms with van der Waals surface area (Å²) in [6.45, 7) is 7.32. The van der Waals surface area contributed by atoms with E-state index in [0.29, 0.717) is 0 Å². The van der Waals surface area contributed by atoms with Crippen molar-refractivity contribution in [3.63, 3.8) is 0 Å². The van der Waals surface area contributed by atoms with Crippen LogP contribution in [0.2, 0.25) is 0 Å². The third-order valence-electron chi connectivity index (χ3n) is 4.22. The fraction of sp³-hybridized carbons (Fsp3) is 1.00. The first-order chi connectivity index (χ1) is 8.08. The number of nitrogens with zero attached hydrogens (tertiary/aromatic N) is 3. The molecule has 17 heavy (non-hydrogen) atoms. The van der Waals surface area contributed by atoms with E-state index >= 15 is 0 Å². The Morgan fingerprint density at radius 2 is 1.65 bits per heavy atom. The number of hydrogen-bond acceptors (Lipinski definition) is 4. The van der Waals surface area contributed by atoms with Gasteiger partial charge in [-0.3, -0.25) is 0 Å². The van der Waals surface area contributed by atoms with Gasteiger partial charge in [0.2, 0.25) is 0 Å². The van der Waals surface area contributed by atoms with Gasteiger partial charge >= 0.3 is 0 Å². The molecule has 2 saturated heterocycles. The molecule has 0 amide bonds. The van der Waals surface area contributed by atoms with Crippen LogP contribution >= 0.6 is 0 Å². The van der Waals surface area contributed by atoms with Crippen LogP contribution in [0, 0.1) is 11.8 Å². The maximum absolute atomic E-state index is 3.59. The van der Waals surface area contributed by atoms with Gasteiger partial charge in [0.15, 0.2) is 0 Å². The number of likely N-dealkylation sites (N-methyl/N-ethyl adjacent to an activating group) is 1. The maximum atomic E-state index is 3.59. The van der Waals surface area contributed by atoms with E-state index in [2.05, 4.69) is 48.2 Å². The van der Waals surface area contributed by atoms with Crippen molar-refractivity contribution in [2.45, 2.75) is 6.04 Å². The first kappa shape index (κ1) is 13.3. The number of likely N-dealkylation sites (tertiary alicyclic amines) is 1. The molecule has 2 aliphatic rings. The molecule has 0 aromatic rings. The second-order valence-electron chi connectivity index (χ2n) is 6.20. The van der Waals surface area contributed by atoms with Crippen LogP contribution in [-0.2, 0) is 0 Å². The zero-order valence-corrected chi connectivity index (χ0v) is 11.8. The SMILES string of the molecule is CN(C)CCN1CC2CNCC(C1)C2N(C)C. The molecule has 2 atom stereocenters. The lowest BCUT2D eigenvalue weighted by Gasteiger charge is -2.50. The van der Waals surface area contributed by atoms with Crippen molar-refractivity contribution in [3.05, 3.63) is 0 Å². The Balaban J connectivity index is 1.92. The monoisotopic (exact) mass is 240 g/mol. The summed E-state index contributed by atoms with van der Waals surface area (Å²) in [5.74, 6) is 1.61. The Kier molecular flexibility index (Phi) is 4.42. The van der Waals surface area contributed by atoms with Crippen LogP contribution in [0.5, 0.6) is 0 Å². The summed E-state index contributed by atoms with van der Waals surface area (Å²) in [6, 6.07) is 0.784. The number of fused-ring (bicyclic) bond motifs is 2. The normalized spacial score (nSPS) is 34.6. The molecule has 0 radical (unpaired) electrons. The highest BCUT2D eigenvalue weighted by atomic mass is 15.2. The molecule has 4 heteroatoms. The van der Waals surface area contributed by atoms with E-state index in [-0.39, 0.29) is 0 Å². The molecule has 0 spiro atoms. The maximum Gasteiger partial charge on any atom is 0.0194 e. The average molecular weight is 240 g/mol. The van der Waals surface area contributed by atoms with Crippen LogP contribution in [0.25, 0.3) is 0 Å². The minimum absolute atomic E-state index is 0.784. The zero-order chi connectivity index (χ0) is 12.4. The van der Waals surface area contributed by atoms with Gasteiger partial charge in [-0.2, -0.15) is 0 Å². The molecule has 0 aromatic carbocycles. The lowest BCUT2D eigenvalue weighted by molar-refractivity contribution is 0.00955. The average Bonchev–Trinajstić information content (AvgIpc) is 2.24. The molecule has 1 N–H and O–H groups in total. The summed E-state index contributed by atoms with van der Waals surface area (Å²) in [6.07, 6.45) is 0. The fourth-order valence-corrected chi connectivity index (χ4v) is 3.53. The fourth-order valence-electron chi connectivity index (χ4n) is 3.53. The summed E-state index contributed by atoms with van der Waals surface area (Å²) in [4.78, 5) is 7.39. The molecule has 2 aliphatic heterocycles. The van der Waals surface area contributed by atoms with Gasteiger partial charge < -0.3 is 20.0 Å². The third-order valence-corrected chi connectivity index (χ3v) is 4.22. The van der Waals surface area contributed by atoms with Crippen molar-refractivity contribution < 1.29 is 0 Å². The zero-order valence-electron chi connectivity index (χ0n) is 11.8. The lowest BCUT2D eigenvalue weighted by atomic mass is 9.79. The van der Waals surface area contributed by atoms with E-state index in [1.807, 2.05) is 0 Å². The number of piperidine rings is 2. The number of rotatable bonds is 4. The van der Waals surface area contributed by atoms with Gasteiger partial charge in [-0.1, -0.05) is 0 Å². The quantitative estimate of drug-likeness (QED) is 0.724. The number of nitrogens with one attached hydrogen (secondary N) is 1. The Morgan fingerprint density at radius 3 is 2.12 bits per heavy atom. The Bertz CT molecular complexity index is 228. The molecule has 2 heterocycles. The third kappa shape index (κ3) is 3.19. The largest absolute Gasteiger partial charge is 0.316 e. The predicted octanol–water partition coefficient (Wildman–Crippen LogP) is -0.371. The highest BCUT2D eigenvalue weighted by molar-refractivity contribution is 4.96. The molecule has 2 fully saturated rings.